The van der Waals surface area contributed by atoms with Crippen LogP contribution in [0, 0.1) is 0 Å². The lowest BCUT2D eigenvalue weighted by Gasteiger charge is -2.06. The third-order valence-corrected chi connectivity index (χ3v) is 4.57. The fraction of sp³-hybridized carbons (Fsp3) is 0.727. The Hall–Kier alpha value is -0.880. The molecule has 1 aromatic heterocycles. The van der Waals surface area contributed by atoms with Crippen molar-refractivity contribution in [2.75, 3.05) is 18.6 Å². The fourth-order valence-electron chi connectivity index (χ4n) is 1.54. The molecule has 0 aliphatic heterocycles. The molecule has 98 valence electrons. The molecule has 1 atom stereocenters. The Morgan fingerprint density at radius 2 is 2.18 bits per heavy atom. The Kier molecular flexibility index (Phi) is 5.14. The molecule has 17 heavy (non-hydrogen) atoms. The Labute approximate surface area is 103 Å². The lowest BCUT2D eigenvalue weighted by atomic mass is 10.2. The summed E-state index contributed by atoms with van der Waals surface area (Å²) in [6.45, 7) is 4.34. The highest BCUT2D eigenvalue weighted by Crippen LogP contribution is 2.09. The molecule has 0 aliphatic rings. The number of hydrogen-bond donors (Lipinski definition) is 1. The SMILES string of the molecule is CCCS(=O)(=O)CCn1cc(C(C)NC)cn1. The summed E-state index contributed by atoms with van der Waals surface area (Å²) in [6, 6.07) is 0.232. The van der Waals surface area contributed by atoms with Gasteiger partial charge in [0.2, 0.25) is 0 Å². The van der Waals surface area contributed by atoms with Crippen molar-refractivity contribution in [3.05, 3.63) is 18.0 Å². The van der Waals surface area contributed by atoms with Gasteiger partial charge in [-0.25, -0.2) is 8.42 Å². The average molecular weight is 259 g/mol. The van der Waals surface area contributed by atoms with Crippen molar-refractivity contribution in [3.63, 3.8) is 0 Å². The van der Waals surface area contributed by atoms with Gasteiger partial charge in [-0.05, 0) is 20.4 Å². The molecule has 1 aromatic rings. The van der Waals surface area contributed by atoms with E-state index < -0.39 is 9.84 Å². The molecule has 0 amide bonds. The topological polar surface area (TPSA) is 64.0 Å². The molecule has 0 saturated carbocycles. The molecule has 0 aromatic carbocycles. The number of nitrogens with zero attached hydrogens (tertiary/aromatic N) is 2. The van der Waals surface area contributed by atoms with E-state index in [1.165, 1.54) is 0 Å². The molecule has 1 N–H and O–H groups in total. The maximum Gasteiger partial charge on any atom is 0.152 e. The number of sulfone groups is 1. The van der Waals surface area contributed by atoms with Crippen molar-refractivity contribution in [1.82, 2.24) is 15.1 Å². The van der Waals surface area contributed by atoms with Crippen LogP contribution in [-0.4, -0.2) is 36.8 Å². The highest BCUT2D eigenvalue weighted by atomic mass is 32.2. The second-order valence-electron chi connectivity index (χ2n) is 4.20. The quantitative estimate of drug-likeness (QED) is 0.793. The first-order chi connectivity index (χ1) is 7.98. The third kappa shape index (κ3) is 4.47. The summed E-state index contributed by atoms with van der Waals surface area (Å²) in [7, 11) is -1.04. The summed E-state index contributed by atoms with van der Waals surface area (Å²) in [5.41, 5.74) is 1.07. The molecule has 0 radical (unpaired) electrons. The minimum atomic E-state index is -2.92. The van der Waals surface area contributed by atoms with Crippen molar-refractivity contribution >= 4 is 9.84 Å². The van der Waals surface area contributed by atoms with E-state index in [0.717, 1.165) is 5.56 Å². The predicted molar refractivity (Wildman–Crippen MR) is 68.6 cm³/mol. The van der Waals surface area contributed by atoms with Crippen molar-refractivity contribution in [2.45, 2.75) is 32.9 Å². The molecular formula is C11H21N3O2S. The summed E-state index contributed by atoms with van der Waals surface area (Å²) in [5, 5.41) is 7.28. The second kappa shape index (κ2) is 6.16. The molecular weight excluding hydrogens is 238 g/mol. The Morgan fingerprint density at radius 3 is 2.76 bits per heavy atom. The minimum absolute atomic E-state index is 0.163. The number of nitrogens with one attached hydrogen (secondary N) is 1. The van der Waals surface area contributed by atoms with E-state index in [2.05, 4.69) is 10.4 Å². The summed E-state index contributed by atoms with van der Waals surface area (Å²) in [4.78, 5) is 0. The van der Waals surface area contributed by atoms with Crippen LogP contribution in [0.5, 0.6) is 0 Å². The number of aryl methyl sites for hydroxylation is 1. The number of aromatic nitrogens is 2. The van der Waals surface area contributed by atoms with E-state index in [4.69, 9.17) is 0 Å². The standard InChI is InChI=1S/C11H21N3O2S/c1-4-6-17(15,16)7-5-14-9-11(8-13-14)10(2)12-3/h8-10,12H,4-7H2,1-3H3. The van der Waals surface area contributed by atoms with Gasteiger partial charge in [0, 0.05) is 23.6 Å². The smallest absolute Gasteiger partial charge is 0.152 e. The number of rotatable bonds is 7. The van der Waals surface area contributed by atoms with Crippen LogP contribution in [0.3, 0.4) is 0 Å². The zero-order valence-electron chi connectivity index (χ0n) is 10.7. The zero-order valence-corrected chi connectivity index (χ0v) is 11.5. The lowest BCUT2D eigenvalue weighted by molar-refractivity contribution is 0.579. The van der Waals surface area contributed by atoms with E-state index in [0.29, 0.717) is 13.0 Å². The highest BCUT2D eigenvalue weighted by molar-refractivity contribution is 7.91. The van der Waals surface area contributed by atoms with Gasteiger partial charge >= 0.3 is 0 Å². The summed E-state index contributed by atoms with van der Waals surface area (Å²) < 4.78 is 24.8. The van der Waals surface area contributed by atoms with Crippen molar-refractivity contribution in [1.29, 1.82) is 0 Å². The van der Waals surface area contributed by atoms with E-state index in [-0.39, 0.29) is 17.5 Å². The van der Waals surface area contributed by atoms with E-state index in [1.807, 2.05) is 27.1 Å². The minimum Gasteiger partial charge on any atom is -0.313 e. The van der Waals surface area contributed by atoms with Crippen LogP contribution in [0.1, 0.15) is 31.9 Å². The van der Waals surface area contributed by atoms with Crippen LogP contribution in [0.4, 0.5) is 0 Å². The van der Waals surface area contributed by atoms with Crippen LogP contribution in [-0.2, 0) is 16.4 Å². The first-order valence-corrected chi connectivity index (χ1v) is 7.70. The molecule has 1 unspecified atom stereocenters. The monoisotopic (exact) mass is 259 g/mol. The van der Waals surface area contributed by atoms with Gasteiger partial charge in [-0.15, -0.1) is 0 Å². The Balaban J connectivity index is 2.56. The predicted octanol–water partition coefficient (Wildman–Crippen LogP) is 0.988. The van der Waals surface area contributed by atoms with Crippen LogP contribution in [0.25, 0.3) is 0 Å². The van der Waals surface area contributed by atoms with E-state index in [1.54, 1.807) is 10.9 Å². The van der Waals surface area contributed by atoms with Gasteiger partial charge in [-0.2, -0.15) is 5.10 Å². The van der Waals surface area contributed by atoms with Crippen LogP contribution >= 0.6 is 0 Å². The maximum atomic E-state index is 11.5. The molecule has 0 bridgehead atoms. The van der Waals surface area contributed by atoms with Gasteiger partial charge in [-0.1, -0.05) is 6.92 Å². The second-order valence-corrected chi connectivity index (χ2v) is 6.50. The normalized spacial score (nSPS) is 13.8. The molecule has 1 rings (SSSR count). The van der Waals surface area contributed by atoms with Crippen LogP contribution in [0.2, 0.25) is 0 Å². The lowest BCUT2D eigenvalue weighted by Crippen LogP contribution is -2.16. The molecule has 0 fully saturated rings. The Morgan fingerprint density at radius 1 is 1.47 bits per heavy atom. The molecule has 0 saturated heterocycles. The summed E-state index contributed by atoms with van der Waals surface area (Å²) in [5.74, 6) is 0.421. The molecule has 0 spiro atoms. The van der Waals surface area contributed by atoms with Crippen LogP contribution < -0.4 is 5.32 Å². The fourth-order valence-corrected chi connectivity index (χ4v) is 2.83. The maximum absolute atomic E-state index is 11.5. The van der Waals surface area contributed by atoms with Gasteiger partial charge < -0.3 is 5.32 Å². The Bertz CT molecular complexity index is 439. The summed E-state index contributed by atoms with van der Waals surface area (Å²) in [6.07, 6.45) is 4.33. The van der Waals surface area contributed by atoms with Crippen molar-refractivity contribution in [3.8, 4) is 0 Å². The zero-order chi connectivity index (χ0) is 12.9. The van der Waals surface area contributed by atoms with Gasteiger partial charge in [0.25, 0.3) is 0 Å². The van der Waals surface area contributed by atoms with Gasteiger partial charge in [0.1, 0.15) is 0 Å². The van der Waals surface area contributed by atoms with Crippen LogP contribution in [0.15, 0.2) is 12.4 Å². The molecule has 6 heteroatoms. The highest BCUT2D eigenvalue weighted by Gasteiger charge is 2.11. The van der Waals surface area contributed by atoms with E-state index in [9.17, 15) is 8.42 Å². The summed E-state index contributed by atoms with van der Waals surface area (Å²) >= 11 is 0. The van der Waals surface area contributed by atoms with Gasteiger partial charge in [-0.3, -0.25) is 4.68 Å². The van der Waals surface area contributed by atoms with Crippen molar-refractivity contribution in [2.24, 2.45) is 0 Å². The number of hydrogen-bond acceptors (Lipinski definition) is 4. The molecule has 0 aliphatic carbocycles. The molecule has 5 nitrogen and oxygen atoms in total. The molecule has 1 heterocycles. The first kappa shape index (κ1) is 14.2. The van der Waals surface area contributed by atoms with Crippen molar-refractivity contribution < 1.29 is 8.42 Å². The average Bonchev–Trinajstić information content (AvgIpc) is 2.74. The van der Waals surface area contributed by atoms with Gasteiger partial charge in [0.15, 0.2) is 9.84 Å². The van der Waals surface area contributed by atoms with E-state index >= 15 is 0 Å². The third-order valence-electron chi connectivity index (χ3n) is 2.73. The largest absolute Gasteiger partial charge is 0.313 e. The van der Waals surface area contributed by atoms with Gasteiger partial charge in [0.05, 0.1) is 18.5 Å². The first-order valence-electron chi connectivity index (χ1n) is 5.88.